The molecule has 0 atom stereocenters. The second-order valence-electron chi connectivity index (χ2n) is 4.50. The first-order chi connectivity index (χ1) is 11.3. The average molecular weight is 354 g/mol. The van der Waals surface area contributed by atoms with E-state index < -0.39 is 22.0 Å². The molecule has 0 saturated carbocycles. The molecule has 0 aliphatic heterocycles. The number of nitrogens with one attached hydrogen (secondary N) is 1. The van der Waals surface area contributed by atoms with E-state index in [-0.39, 0.29) is 22.3 Å². The predicted molar refractivity (Wildman–Crippen MR) is 86.4 cm³/mol. The predicted octanol–water partition coefficient (Wildman–Crippen LogP) is 2.31. The summed E-state index contributed by atoms with van der Waals surface area (Å²) >= 11 is 5.89. The van der Waals surface area contributed by atoms with Gasteiger partial charge in [0.25, 0.3) is 5.88 Å². The number of aromatic amines is 1. The molecule has 0 bridgehead atoms. The molecule has 0 unspecified atom stereocenters. The molecular weight excluding hydrogens is 342 g/mol. The van der Waals surface area contributed by atoms with Crippen LogP contribution in [0.5, 0.6) is 17.4 Å². The van der Waals surface area contributed by atoms with Crippen molar-refractivity contribution in [3.8, 4) is 17.4 Å². The van der Waals surface area contributed by atoms with Crippen LogP contribution in [0.25, 0.3) is 12.2 Å². The summed E-state index contributed by atoms with van der Waals surface area (Å²) in [6.07, 6.45) is 2.78. The molecule has 0 amide bonds. The van der Waals surface area contributed by atoms with Gasteiger partial charge < -0.3 is 19.9 Å². The second-order valence-corrected chi connectivity index (χ2v) is 4.90. The monoisotopic (exact) mass is 353 g/mol. The summed E-state index contributed by atoms with van der Waals surface area (Å²) in [5.74, 6) is -1.10. The van der Waals surface area contributed by atoms with Gasteiger partial charge in [-0.2, -0.15) is 4.98 Å². The van der Waals surface area contributed by atoms with Gasteiger partial charge in [0.15, 0.2) is 11.5 Å². The number of aromatic nitrogens is 2. The Morgan fingerprint density at radius 1 is 1.42 bits per heavy atom. The van der Waals surface area contributed by atoms with Gasteiger partial charge in [0, 0.05) is 0 Å². The molecule has 0 aliphatic rings. The van der Waals surface area contributed by atoms with Crippen LogP contribution in [0.2, 0.25) is 5.02 Å². The zero-order valence-corrected chi connectivity index (χ0v) is 13.1. The summed E-state index contributed by atoms with van der Waals surface area (Å²) < 4.78 is 5.23. The fourth-order valence-corrected chi connectivity index (χ4v) is 2.07. The Labute approximate surface area is 140 Å². The molecule has 9 nitrogen and oxygen atoms in total. The molecule has 1 aromatic heterocycles. The Kier molecular flexibility index (Phi) is 5.05. The highest BCUT2D eigenvalue weighted by Gasteiger charge is 2.21. The number of nitro groups is 1. The Hall–Kier alpha value is -3.07. The first-order valence-electron chi connectivity index (χ1n) is 6.64. The van der Waals surface area contributed by atoms with Crippen LogP contribution in [0.1, 0.15) is 18.3 Å². The smallest absolute Gasteiger partial charge is 0.395 e. The summed E-state index contributed by atoms with van der Waals surface area (Å²) in [6, 6.07) is 2.95. The molecule has 0 saturated heterocycles. The van der Waals surface area contributed by atoms with Crippen LogP contribution in [0.3, 0.4) is 0 Å². The van der Waals surface area contributed by atoms with Crippen LogP contribution in [0.15, 0.2) is 16.9 Å². The van der Waals surface area contributed by atoms with Gasteiger partial charge in [-0.1, -0.05) is 17.7 Å². The Morgan fingerprint density at radius 2 is 2.12 bits per heavy atom. The topological polar surface area (TPSA) is 139 Å². The quantitative estimate of drug-likeness (QED) is 0.553. The largest absolute Gasteiger partial charge is 0.503 e. The molecule has 2 aromatic rings. The number of benzene rings is 1. The van der Waals surface area contributed by atoms with E-state index in [0.29, 0.717) is 12.2 Å². The normalized spacial score (nSPS) is 10.9. The molecule has 0 radical (unpaired) electrons. The first-order valence-corrected chi connectivity index (χ1v) is 7.02. The van der Waals surface area contributed by atoms with E-state index in [9.17, 15) is 25.1 Å². The van der Waals surface area contributed by atoms with Crippen LogP contribution in [-0.2, 0) is 0 Å². The summed E-state index contributed by atoms with van der Waals surface area (Å²) in [5, 5.41) is 29.9. The maximum Gasteiger partial charge on any atom is 0.395 e. The van der Waals surface area contributed by atoms with Gasteiger partial charge in [0.05, 0.1) is 16.6 Å². The molecular formula is C14H12ClN3O6. The Balaban J connectivity index is 2.38. The van der Waals surface area contributed by atoms with Gasteiger partial charge in [0.2, 0.25) is 0 Å². The number of hydrogen-bond donors (Lipinski definition) is 3. The van der Waals surface area contributed by atoms with E-state index in [4.69, 9.17) is 16.3 Å². The van der Waals surface area contributed by atoms with Crippen molar-refractivity contribution in [2.75, 3.05) is 6.61 Å². The number of nitrogens with zero attached hydrogens (tertiary/aromatic N) is 2. The van der Waals surface area contributed by atoms with Crippen molar-refractivity contribution in [1.82, 2.24) is 9.97 Å². The van der Waals surface area contributed by atoms with Gasteiger partial charge in [-0.15, -0.1) is 0 Å². The van der Waals surface area contributed by atoms with E-state index in [2.05, 4.69) is 9.97 Å². The van der Waals surface area contributed by atoms with Crippen LogP contribution in [0.4, 0.5) is 5.69 Å². The number of phenolic OH excluding ortho intramolecular Hbond substituents is 1. The third-order valence-corrected chi connectivity index (χ3v) is 3.15. The van der Waals surface area contributed by atoms with Gasteiger partial charge in [-0.05, 0) is 30.7 Å². The van der Waals surface area contributed by atoms with Crippen LogP contribution in [0, 0.1) is 10.1 Å². The highest BCUT2D eigenvalue weighted by atomic mass is 35.5. The molecule has 0 spiro atoms. The van der Waals surface area contributed by atoms with E-state index in [1.54, 1.807) is 6.92 Å². The summed E-state index contributed by atoms with van der Waals surface area (Å²) in [7, 11) is 0. The van der Waals surface area contributed by atoms with Gasteiger partial charge in [-0.25, -0.2) is 0 Å². The minimum atomic E-state index is -1.08. The van der Waals surface area contributed by atoms with Gasteiger partial charge >= 0.3 is 11.2 Å². The van der Waals surface area contributed by atoms with Crippen molar-refractivity contribution in [2.45, 2.75) is 6.92 Å². The lowest BCUT2D eigenvalue weighted by Gasteiger charge is -2.08. The van der Waals surface area contributed by atoms with Crippen molar-refractivity contribution in [2.24, 2.45) is 0 Å². The second kappa shape index (κ2) is 7.01. The Morgan fingerprint density at radius 3 is 2.71 bits per heavy atom. The number of aromatic hydroxyl groups is 2. The molecule has 1 heterocycles. The highest BCUT2D eigenvalue weighted by Crippen LogP contribution is 2.35. The zero-order valence-electron chi connectivity index (χ0n) is 12.3. The third kappa shape index (κ3) is 3.63. The molecule has 1 aromatic carbocycles. The van der Waals surface area contributed by atoms with E-state index in [0.717, 1.165) is 0 Å². The van der Waals surface area contributed by atoms with Crippen molar-refractivity contribution in [3.63, 3.8) is 0 Å². The van der Waals surface area contributed by atoms with Crippen molar-refractivity contribution >= 4 is 29.4 Å². The number of ether oxygens (including phenoxy) is 1. The Bertz CT molecular complexity index is 878. The maximum atomic E-state index is 11.5. The van der Waals surface area contributed by atoms with E-state index in [1.807, 2.05) is 0 Å². The van der Waals surface area contributed by atoms with E-state index in [1.165, 1.54) is 24.3 Å². The molecule has 24 heavy (non-hydrogen) atoms. The molecule has 3 N–H and O–H groups in total. The number of phenols is 1. The van der Waals surface area contributed by atoms with Crippen LogP contribution >= 0.6 is 11.6 Å². The van der Waals surface area contributed by atoms with Crippen molar-refractivity contribution in [1.29, 1.82) is 0 Å². The van der Waals surface area contributed by atoms with Crippen LogP contribution < -0.4 is 10.3 Å². The average Bonchev–Trinajstić information content (AvgIpc) is 2.49. The molecule has 0 fully saturated rings. The summed E-state index contributed by atoms with van der Waals surface area (Å²) in [4.78, 5) is 26.8. The number of hydrogen-bond acceptors (Lipinski definition) is 7. The zero-order chi connectivity index (χ0) is 17.9. The summed E-state index contributed by atoms with van der Waals surface area (Å²) in [6.45, 7) is 2.06. The number of halogens is 1. The third-order valence-electron chi connectivity index (χ3n) is 2.86. The first kappa shape index (κ1) is 17.3. The van der Waals surface area contributed by atoms with Crippen molar-refractivity contribution in [3.05, 3.63) is 49.0 Å². The minimum Gasteiger partial charge on any atom is -0.503 e. The summed E-state index contributed by atoms with van der Waals surface area (Å²) in [5.41, 5.74) is -1.59. The lowest BCUT2D eigenvalue weighted by Crippen LogP contribution is -2.14. The van der Waals surface area contributed by atoms with Crippen molar-refractivity contribution < 1.29 is 19.9 Å². The lowest BCUT2D eigenvalue weighted by atomic mass is 10.2. The fraction of sp³-hybridized carbons (Fsp3) is 0.143. The van der Waals surface area contributed by atoms with Crippen LogP contribution in [-0.4, -0.2) is 31.7 Å². The molecule has 126 valence electrons. The number of H-pyrrole nitrogens is 1. The maximum absolute atomic E-state index is 11.5. The van der Waals surface area contributed by atoms with Gasteiger partial charge in [0.1, 0.15) is 5.82 Å². The van der Waals surface area contributed by atoms with Gasteiger partial charge in [-0.3, -0.25) is 14.9 Å². The standard InChI is InChI=1S/C14H12ClN3O6/c1-2-24-9-6-7(5-8(15)12(9)19)3-4-10-16-13(20)11(18(22)23)14(21)17-10/h3-6,19H,2H2,1H3,(H2,16,17,20,21)/b4-3+. The number of rotatable bonds is 5. The van der Waals surface area contributed by atoms with E-state index >= 15 is 0 Å². The SMILES string of the molecule is CCOc1cc(/C=C/c2nc(O)c([N+](=O)[O-])c(=O)[nH]2)cc(Cl)c1O. The molecule has 10 heteroatoms. The molecule has 2 rings (SSSR count). The fourth-order valence-electron chi connectivity index (χ4n) is 1.85. The highest BCUT2D eigenvalue weighted by molar-refractivity contribution is 6.32. The minimum absolute atomic E-state index is 0.0635. The lowest BCUT2D eigenvalue weighted by molar-refractivity contribution is -0.387. The molecule has 0 aliphatic carbocycles.